The molecule has 2 aliphatic heterocycles. The summed E-state index contributed by atoms with van der Waals surface area (Å²) in [4.78, 5) is 77.3. The Kier molecular flexibility index (Phi) is 7.39. The highest BCUT2D eigenvalue weighted by Crippen LogP contribution is 2.21. The first-order valence-corrected chi connectivity index (χ1v) is 10.9. The van der Waals surface area contributed by atoms with E-state index in [1.165, 1.54) is 46.4 Å². The van der Waals surface area contributed by atoms with Crippen LogP contribution in [0.3, 0.4) is 0 Å². The Bertz CT molecular complexity index is 865. The van der Waals surface area contributed by atoms with Crippen molar-refractivity contribution < 1.29 is 28.8 Å². The summed E-state index contributed by atoms with van der Waals surface area (Å²) in [5.41, 5.74) is -4.12. The van der Waals surface area contributed by atoms with Gasteiger partial charge in [-0.3, -0.25) is 28.8 Å². The molecule has 0 unspecified atom stereocenters. The van der Waals surface area contributed by atoms with Gasteiger partial charge in [0, 0.05) is 6.54 Å². The van der Waals surface area contributed by atoms with Crippen LogP contribution in [0.15, 0.2) is 0 Å². The fourth-order valence-electron chi connectivity index (χ4n) is 3.70. The van der Waals surface area contributed by atoms with Gasteiger partial charge in [-0.15, -0.1) is 0 Å². The highest BCUT2D eigenvalue weighted by molar-refractivity contribution is 5.99. The molecule has 0 saturated carbocycles. The van der Waals surface area contributed by atoms with Crippen LogP contribution in [0.4, 0.5) is 0 Å². The maximum Gasteiger partial charge on any atom is 0.248 e. The second-order valence-corrected chi connectivity index (χ2v) is 9.98. The summed E-state index contributed by atoms with van der Waals surface area (Å²) in [5.74, 6) is -3.38. The van der Waals surface area contributed by atoms with Gasteiger partial charge in [-0.1, -0.05) is 0 Å². The smallest absolute Gasteiger partial charge is 0.248 e. The van der Waals surface area contributed by atoms with Crippen molar-refractivity contribution in [3.8, 4) is 0 Å². The third kappa shape index (κ3) is 6.20. The van der Waals surface area contributed by atoms with E-state index in [1.807, 2.05) is 0 Å². The highest BCUT2D eigenvalue weighted by atomic mass is 16.2. The minimum Gasteiger partial charge on any atom is -0.345 e. The van der Waals surface area contributed by atoms with E-state index in [2.05, 4.69) is 26.6 Å². The van der Waals surface area contributed by atoms with Crippen molar-refractivity contribution in [1.82, 2.24) is 31.5 Å². The van der Waals surface area contributed by atoms with Gasteiger partial charge in [-0.25, -0.2) is 0 Å². The second kappa shape index (κ2) is 9.36. The van der Waals surface area contributed by atoms with Gasteiger partial charge < -0.3 is 31.5 Å². The van der Waals surface area contributed by atoms with Crippen molar-refractivity contribution in [2.75, 3.05) is 19.6 Å². The monoisotopic (exact) mass is 466 g/mol. The number of carbonyl (C=O) groups is 6. The zero-order valence-electron chi connectivity index (χ0n) is 20.0. The first-order valence-electron chi connectivity index (χ1n) is 10.9. The maximum atomic E-state index is 13.1. The molecule has 0 aromatic rings. The van der Waals surface area contributed by atoms with Crippen LogP contribution in [0.5, 0.6) is 0 Å². The minimum atomic E-state index is -1.40. The number of carbonyl (C=O) groups excluding carboxylic acids is 6. The molecule has 184 valence electrons. The molecule has 2 saturated heterocycles. The van der Waals surface area contributed by atoms with Crippen LogP contribution in [0.25, 0.3) is 0 Å². The molecule has 6 amide bonds. The number of nitrogens with one attached hydrogen (secondary N) is 5. The van der Waals surface area contributed by atoms with Crippen molar-refractivity contribution in [1.29, 1.82) is 0 Å². The summed E-state index contributed by atoms with van der Waals surface area (Å²) in [5, 5.41) is 12.6. The molecule has 0 aliphatic carbocycles. The fourth-order valence-corrected chi connectivity index (χ4v) is 3.70. The number of rotatable bonds is 0. The van der Waals surface area contributed by atoms with Gasteiger partial charge in [-0.05, 0) is 54.4 Å². The molecule has 0 aromatic heterocycles. The third-order valence-corrected chi connectivity index (χ3v) is 5.65. The lowest BCUT2D eigenvalue weighted by molar-refractivity contribution is -0.145. The number of hydrogen-bond donors (Lipinski definition) is 5. The van der Waals surface area contributed by atoms with Crippen molar-refractivity contribution >= 4 is 35.4 Å². The van der Waals surface area contributed by atoms with Gasteiger partial charge in [0.05, 0.1) is 13.1 Å². The molecule has 0 radical (unpaired) electrons. The van der Waals surface area contributed by atoms with Crippen LogP contribution < -0.4 is 26.6 Å². The molecule has 0 bridgehead atoms. The Morgan fingerprint density at radius 2 is 1.21 bits per heavy atom. The van der Waals surface area contributed by atoms with Crippen LogP contribution in [-0.4, -0.2) is 82.6 Å². The van der Waals surface area contributed by atoms with Gasteiger partial charge in [0.15, 0.2) is 0 Å². The summed E-state index contributed by atoms with van der Waals surface area (Å²) in [6.07, 6.45) is 1.01. The Morgan fingerprint density at radius 1 is 0.697 bits per heavy atom. The Morgan fingerprint density at radius 3 is 1.82 bits per heavy atom. The Labute approximate surface area is 193 Å². The number of hydrogen-bond acceptors (Lipinski definition) is 6. The second-order valence-electron chi connectivity index (χ2n) is 9.98. The SMILES string of the molecule is CC1(C)NC(=O)CNC(=O)[C@@H]2CCCN2C(=O)C(C)(C)NC(=O)CNC(=O)C(C)(C)NC1=O. The first-order chi connectivity index (χ1) is 15.1. The number of fused-ring (bicyclic) bond motifs is 1. The van der Waals surface area contributed by atoms with E-state index in [4.69, 9.17) is 0 Å². The molecule has 2 rings (SSSR count). The van der Waals surface area contributed by atoms with E-state index in [-0.39, 0.29) is 0 Å². The maximum absolute atomic E-state index is 13.1. The molecule has 2 heterocycles. The van der Waals surface area contributed by atoms with Gasteiger partial charge in [-0.2, -0.15) is 0 Å². The molecular weight excluding hydrogens is 432 g/mol. The van der Waals surface area contributed by atoms with E-state index in [0.717, 1.165) is 0 Å². The van der Waals surface area contributed by atoms with Crippen molar-refractivity contribution in [3.05, 3.63) is 0 Å². The van der Waals surface area contributed by atoms with Crippen molar-refractivity contribution in [3.63, 3.8) is 0 Å². The van der Waals surface area contributed by atoms with Crippen LogP contribution in [0, 0.1) is 0 Å². The predicted octanol–water partition coefficient (Wildman–Crippen LogP) is -2.09. The first kappa shape index (κ1) is 26.1. The zero-order valence-corrected chi connectivity index (χ0v) is 20.0. The lowest BCUT2D eigenvalue weighted by atomic mass is 9.98. The summed E-state index contributed by atoms with van der Waals surface area (Å²) >= 11 is 0. The van der Waals surface area contributed by atoms with Crippen LogP contribution >= 0.6 is 0 Å². The normalized spacial score (nSPS) is 26.6. The third-order valence-electron chi connectivity index (χ3n) is 5.65. The highest BCUT2D eigenvalue weighted by Gasteiger charge is 2.42. The summed E-state index contributed by atoms with van der Waals surface area (Å²) in [6.45, 7) is 8.38. The topological polar surface area (TPSA) is 166 Å². The number of nitrogens with zero attached hydrogens (tertiary/aromatic N) is 1. The minimum absolute atomic E-state index is 0.334. The molecule has 12 nitrogen and oxygen atoms in total. The van der Waals surface area contributed by atoms with Gasteiger partial charge in [0.2, 0.25) is 35.4 Å². The summed E-state index contributed by atoms with van der Waals surface area (Å²) in [7, 11) is 0. The van der Waals surface area contributed by atoms with E-state index in [9.17, 15) is 28.8 Å². The van der Waals surface area contributed by atoms with Gasteiger partial charge in [0.25, 0.3) is 0 Å². The van der Waals surface area contributed by atoms with Gasteiger partial charge >= 0.3 is 0 Å². The molecule has 1 atom stereocenters. The average Bonchev–Trinajstić information content (AvgIpc) is 3.17. The van der Waals surface area contributed by atoms with Crippen molar-refractivity contribution in [2.45, 2.75) is 77.0 Å². The molecule has 0 spiro atoms. The quantitative estimate of drug-likeness (QED) is 0.274. The molecule has 5 N–H and O–H groups in total. The molecule has 2 fully saturated rings. The van der Waals surface area contributed by atoms with Crippen LogP contribution in [0.2, 0.25) is 0 Å². The summed E-state index contributed by atoms with van der Waals surface area (Å²) in [6, 6.07) is -0.780. The largest absolute Gasteiger partial charge is 0.345 e. The Balaban J connectivity index is 2.31. The molecule has 12 heteroatoms. The average molecular weight is 467 g/mol. The van der Waals surface area contributed by atoms with E-state index in [1.54, 1.807) is 0 Å². The molecule has 2 aliphatic rings. The fraction of sp³-hybridized carbons (Fsp3) is 0.714. The standard InChI is InChI=1S/C21H34N6O6/c1-19(2)16(31)23-11-14(29)25-21(5,6)18(33)27-9-7-8-12(27)15(30)22-10-13(28)24-20(3,4)17(32)26-19/h12H,7-11H2,1-6H3,(H,22,30)(H,23,31)(H,24,28)(H,25,29)(H,26,32)/t12-/m0/s1. The molecule has 0 aromatic carbocycles. The molecular formula is C21H34N6O6. The van der Waals surface area contributed by atoms with Crippen LogP contribution in [-0.2, 0) is 28.8 Å². The summed E-state index contributed by atoms with van der Waals surface area (Å²) < 4.78 is 0. The van der Waals surface area contributed by atoms with E-state index < -0.39 is 71.2 Å². The lowest BCUT2D eigenvalue weighted by Gasteiger charge is -2.34. The predicted molar refractivity (Wildman–Crippen MR) is 117 cm³/mol. The lowest BCUT2D eigenvalue weighted by Crippen LogP contribution is -2.64. The van der Waals surface area contributed by atoms with E-state index >= 15 is 0 Å². The van der Waals surface area contributed by atoms with Crippen LogP contribution in [0.1, 0.15) is 54.4 Å². The molecule has 33 heavy (non-hydrogen) atoms. The van der Waals surface area contributed by atoms with E-state index in [0.29, 0.717) is 19.4 Å². The Hall–Kier alpha value is -3.18. The zero-order chi connectivity index (χ0) is 25.2. The number of amides is 6. The van der Waals surface area contributed by atoms with Crippen molar-refractivity contribution in [2.24, 2.45) is 0 Å². The van der Waals surface area contributed by atoms with Gasteiger partial charge in [0.1, 0.15) is 22.7 Å².